The molecule has 4 aliphatic rings. The van der Waals surface area contributed by atoms with Crippen LogP contribution in [0.2, 0.25) is 0 Å². The average Bonchev–Trinajstić information content (AvgIpc) is 3.83. The zero-order chi connectivity index (χ0) is 40.1. The molecule has 58 heavy (non-hydrogen) atoms. The molecule has 14 nitrogen and oxygen atoms in total. The minimum Gasteiger partial charge on any atom is -0.453 e. The Morgan fingerprint density at radius 2 is 1.28 bits per heavy atom. The number of amides is 4. The van der Waals surface area contributed by atoms with E-state index in [1.165, 1.54) is 14.2 Å². The van der Waals surface area contributed by atoms with E-state index >= 15 is 0 Å². The van der Waals surface area contributed by atoms with Crippen LogP contribution in [0.5, 0.6) is 0 Å². The molecule has 4 amide bonds. The van der Waals surface area contributed by atoms with Crippen molar-refractivity contribution in [2.45, 2.75) is 82.1 Å². The molecule has 2 saturated heterocycles. The van der Waals surface area contributed by atoms with Gasteiger partial charge in [-0.15, -0.1) is 0 Å². The number of imidazole rings is 2. The van der Waals surface area contributed by atoms with E-state index < -0.39 is 18.2 Å². The molecule has 3 aromatic carbocycles. The molecule has 0 spiro atoms. The molecule has 9 rings (SSSR count). The third-order valence-electron chi connectivity index (χ3n) is 12.5. The Kier molecular flexibility index (Phi) is 9.86. The van der Waals surface area contributed by atoms with Gasteiger partial charge in [-0.05, 0) is 90.0 Å². The molecule has 7 atom stereocenters. The van der Waals surface area contributed by atoms with E-state index in [9.17, 15) is 19.2 Å². The van der Waals surface area contributed by atoms with Crippen molar-refractivity contribution in [3.8, 4) is 33.6 Å². The van der Waals surface area contributed by atoms with Crippen molar-refractivity contribution in [3.05, 3.63) is 84.7 Å². The first kappa shape index (κ1) is 37.4. The summed E-state index contributed by atoms with van der Waals surface area (Å²) in [5.74, 6) is 2.57. The minimum absolute atomic E-state index is 0.0677. The van der Waals surface area contributed by atoms with Crippen LogP contribution in [0, 0.1) is 11.8 Å². The van der Waals surface area contributed by atoms with Crippen molar-refractivity contribution in [2.24, 2.45) is 11.8 Å². The van der Waals surface area contributed by atoms with Crippen LogP contribution in [0.15, 0.2) is 73.1 Å². The molecule has 0 radical (unpaired) electrons. The Balaban J connectivity index is 0.853. The van der Waals surface area contributed by atoms with E-state index in [4.69, 9.17) is 14.7 Å². The largest absolute Gasteiger partial charge is 0.453 e. The summed E-state index contributed by atoms with van der Waals surface area (Å²) in [5.41, 5.74) is 6.04. The molecule has 4 N–H and O–H groups in total. The second-order valence-corrected chi connectivity index (χ2v) is 16.0. The lowest BCUT2D eigenvalue weighted by atomic mass is 9.98. The van der Waals surface area contributed by atoms with E-state index in [-0.39, 0.29) is 36.0 Å². The SMILES string of the molecule is CC[C@H](NC(=O)OC)C(=O)N1[C@@H]2C[C@@H]2C[C@H]1c1ncc(-c2ccc3cc(-c4ccc(-c5cnc([C@@H]6C[C@H]7C[C@H]7N6C(=O)CCCNC(=O)OC)[nH]5)cc4)ccc3c2)[nH]1. The zero-order valence-corrected chi connectivity index (χ0v) is 32.9. The third kappa shape index (κ3) is 7.16. The molecule has 4 fully saturated rings. The topological polar surface area (TPSA) is 175 Å². The summed E-state index contributed by atoms with van der Waals surface area (Å²) in [6.45, 7) is 2.28. The summed E-state index contributed by atoms with van der Waals surface area (Å²) < 4.78 is 9.37. The van der Waals surface area contributed by atoms with Crippen LogP contribution >= 0.6 is 0 Å². The molecule has 4 heterocycles. The predicted molar refractivity (Wildman–Crippen MR) is 216 cm³/mol. The van der Waals surface area contributed by atoms with Crippen molar-refractivity contribution in [1.29, 1.82) is 0 Å². The van der Waals surface area contributed by atoms with Crippen LogP contribution in [0.1, 0.15) is 75.6 Å². The predicted octanol–water partition coefficient (Wildman–Crippen LogP) is 6.88. The Morgan fingerprint density at radius 3 is 1.91 bits per heavy atom. The highest BCUT2D eigenvalue weighted by Crippen LogP contribution is 2.54. The summed E-state index contributed by atoms with van der Waals surface area (Å²) >= 11 is 0. The van der Waals surface area contributed by atoms with Crippen LogP contribution in [0.25, 0.3) is 44.4 Å². The number of aromatic nitrogens is 4. The monoisotopic (exact) mass is 784 g/mol. The van der Waals surface area contributed by atoms with Crippen molar-refractivity contribution in [1.82, 2.24) is 40.4 Å². The van der Waals surface area contributed by atoms with Gasteiger partial charge in [0.05, 0.1) is 50.1 Å². The molecule has 300 valence electrons. The van der Waals surface area contributed by atoms with Crippen LogP contribution in [0.4, 0.5) is 9.59 Å². The number of methoxy groups -OCH3 is 2. The highest BCUT2D eigenvalue weighted by molar-refractivity contribution is 5.91. The minimum atomic E-state index is -0.642. The number of rotatable bonds is 12. The van der Waals surface area contributed by atoms with Gasteiger partial charge < -0.3 is 39.9 Å². The highest BCUT2D eigenvalue weighted by atomic mass is 16.5. The number of alkyl carbamates (subject to hydrolysis) is 2. The Labute approximate surface area is 336 Å². The van der Waals surface area contributed by atoms with Gasteiger partial charge in [0.25, 0.3) is 0 Å². The lowest BCUT2D eigenvalue weighted by molar-refractivity contribution is -0.136. The maximum atomic E-state index is 13.6. The number of nitrogens with one attached hydrogen (secondary N) is 4. The number of H-pyrrole nitrogens is 2. The second kappa shape index (κ2) is 15.3. The smallest absolute Gasteiger partial charge is 0.407 e. The maximum absolute atomic E-state index is 13.6. The van der Waals surface area contributed by atoms with E-state index in [2.05, 4.69) is 86.0 Å². The molecule has 2 aliphatic carbocycles. The second-order valence-electron chi connectivity index (χ2n) is 16.0. The molecule has 5 aromatic rings. The molecule has 2 aromatic heterocycles. The van der Waals surface area contributed by atoms with Gasteiger partial charge in [-0.2, -0.15) is 0 Å². The fourth-order valence-electron chi connectivity index (χ4n) is 9.17. The number of ether oxygens (including phenoxy) is 2. The number of aromatic amines is 2. The molecule has 2 saturated carbocycles. The number of benzene rings is 3. The fourth-order valence-corrected chi connectivity index (χ4v) is 9.17. The zero-order valence-electron chi connectivity index (χ0n) is 32.9. The first-order valence-corrected chi connectivity index (χ1v) is 20.3. The standard InChI is InChI=1S/C44H48N8O6/c1-4-32(50-44(56)58-3)42(54)52-36-19-31(36)21-38(52)41-47-23-34(49-41)29-14-13-27-16-26(11-12-28(27)17-29)24-7-9-25(10-8-24)33-22-46-40(48-33)37-20-30-18-35(30)51(37)39(53)6-5-15-45-43(55)57-2/h7-14,16-17,22-23,30-32,35-38H,4-6,15,18-21H2,1-3H3,(H,45,55)(H,46,48)(H,47,49)(H,50,56)/t30-,31-,32+,35-,36-,37+,38+/m1/s1. The number of hydrogen-bond donors (Lipinski definition) is 4. The van der Waals surface area contributed by atoms with E-state index in [1.54, 1.807) is 0 Å². The average molecular weight is 785 g/mol. The number of hydrogen-bond acceptors (Lipinski definition) is 8. The molecule has 14 heteroatoms. The number of piperidine rings is 2. The summed E-state index contributed by atoms with van der Waals surface area (Å²) in [4.78, 5) is 70.6. The van der Waals surface area contributed by atoms with Gasteiger partial charge in [0, 0.05) is 30.6 Å². The summed E-state index contributed by atoms with van der Waals surface area (Å²) in [6.07, 6.45) is 7.79. The van der Waals surface area contributed by atoms with Crippen LogP contribution in [-0.4, -0.2) is 92.6 Å². The van der Waals surface area contributed by atoms with Gasteiger partial charge >= 0.3 is 12.2 Å². The molecule has 0 unspecified atom stereocenters. The van der Waals surface area contributed by atoms with E-state index in [0.29, 0.717) is 37.6 Å². The van der Waals surface area contributed by atoms with Gasteiger partial charge in [-0.3, -0.25) is 9.59 Å². The quantitative estimate of drug-likeness (QED) is 0.0991. The highest BCUT2D eigenvalue weighted by Gasteiger charge is 2.56. The number of carbonyl (C=O) groups excluding carboxylic acids is 4. The van der Waals surface area contributed by atoms with Crippen molar-refractivity contribution in [3.63, 3.8) is 0 Å². The van der Waals surface area contributed by atoms with E-state index in [1.807, 2.05) is 29.1 Å². The number of likely N-dealkylation sites (tertiary alicyclic amines) is 2. The number of fused-ring (bicyclic) bond motifs is 3. The molecule has 0 bridgehead atoms. The normalized spacial score (nSPS) is 23.2. The maximum Gasteiger partial charge on any atom is 0.407 e. The summed E-state index contributed by atoms with van der Waals surface area (Å²) in [6, 6.07) is 20.9. The summed E-state index contributed by atoms with van der Waals surface area (Å²) in [7, 11) is 2.63. The fraction of sp³-hybridized carbons (Fsp3) is 0.409. The Bertz CT molecular complexity index is 2370. The Hall–Kier alpha value is -6.18. The van der Waals surface area contributed by atoms with Crippen molar-refractivity contribution < 1.29 is 28.7 Å². The third-order valence-corrected chi connectivity index (χ3v) is 12.5. The lowest BCUT2D eigenvalue weighted by Gasteiger charge is -2.30. The first-order chi connectivity index (χ1) is 28.2. The number of nitrogens with zero attached hydrogens (tertiary/aromatic N) is 4. The van der Waals surface area contributed by atoms with Crippen molar-refractivity contribution >= 4 is 34.8 Å². The first-order valence-electron chi connectivity index (χ1n) is 20.3. The van der Waals surface area contributed by atoms with Gasteiger partial charge in [-0.25, -0.2) is 19.6 Å². The molecular weight excluding hydrogens is 737 g/mol. The van der Waals surface area contributed by atoms with Gasteiger partial charge in [0.1, 0.15) is 17.7 Å². The van der Waals surface area contributed by atoms with E-state index in [0.717, 1.165) is 81.7 Å². The van der Waals surface area contributed by atoms with Crippen LogP contribution in [0.3, 0.4) is 0 Å². The molecular formula is C44H48N8O6. The van der Waals surface area contributed by atoms with Gasteiger partial charge in [0.2, 0.25) is 11.8 Å². The molecule has 2 aliphatic heterocycles. The Morgan fingerprint density at radius 1 is 0.724 bits per heavy atom. The van der Waals surface area contributed by atoms with Crippen molar-refractivity contribution in [2.75, 3.05) is 20.8 Å². The van der Waals surface area contributed by atoms with Gasteiger partial charge in [-0.1, -0.05) is 55.5 Å². The van der Waals surface area contributed by atoms with Crippen LogP contribution < -0.4 is 10.6 Å². The van der Waals surface area contributed by atoms with Gasteiger partial charge in [0.15, 0.2) is 0 Å². The summed E-state index contributed by atoms with van der Waals surface area (Å²) in [5, 5.41) is 7.56. The number of carbonyl (C=O) groups is 4. The van der Waals surface area contributed by atoms with Crippen LogP contribution in [-0.2, 0) is 19.1 Å². The lowest BCUT2D eigenvalue weighted by Crippen LogP contribution is -2.49.